The fourth-order valence-electron chi connectivity index (χ4n) is 4.31. The summed E-state index contributed by atoms with van der Waals surface area (Å²) in [6, 6.07) is 6.54. The van der Waals surface area contributed by atoms with Gasteiger partial charge in [-0.05, 0) is 49.9 Å². The number of nitriles is 1. The molecule has 130 valence electrons. The Hall–Kier alpha value is -1.64. The zero-order valence-corrected chi connectivity index (χ0v) is 15.6. The molecule has 0 radical (unpaired) electrons. The molecule has 3 aliphatic heterocycles. The summed E-state index contributed by atoms with van der Waals surface area (Å²) in [4.78, 5) is 15.7. The first-order chi connectivity index (χ1) is 12.1. The molecule has 1 unspecified atom stereocenters. The molecule has 4 atom stereocenters. The molecule has 3 aliphatic rings. The molecule has 0 saturated carbocycles. The number of hydrogen-bond acceptors (Lipinski definition) is 4. The highest BCUT2D eigenvalue weighted by molar-refractivity contribution is 7.99. The number of amides is 1. The summed E-state index contributed by atoms with van der Waals surface area (Å²) in [6.07, 6.45) is 7.29. The van der Waals surface area contributed by atoms with Crippen LogP contribution in [0.15, 0.2) is 34.7 Å². The molecule has 0 spiro atoms. The number of benzene rings is 1. The standard InChI is InChI=1S/C19H20ClN3OS/c1-11(6-12-9-25-18-5-2-13(20)7-15(12)18)19(24)22-16-8-14-3-4-17(16)23(14)10-21/h2,5-7,12,14,16-17H,3-4,8-9H2,1H3,(H,22,24)/b11-6+/t12?,14-,16+,17+/m0/s1. The number of carbonyl (C=O) groups excluding carboxylic acids is 1. The summed E-state index contributed by atoms with van der Waals surface area (Å²) >= 11 is 7.93. The lowest BCUT2D eigenvalue weighted by atomic mass is 9.94. The van der Waals surface area contributed by atoms with E-state index in [1.807, 2.05) is 24.0 Å². The van der Waals surface area contributed by atoms with E-state index in [-0.39, 0.29) is 23.9 Å². The maximum atomic E-state index is 12.6. The quantitative estimate of drug-likeness (QED) is 0.648. The molecule has 2 saturated heterocycles. The highest BCUT2D eigenvalue weighted by Crippen LogP contribution is 2.42. The minimum absolute atomic E-state index is 0.0177. The van der Waals surface area contributed by atoms with E-state index in [4.69, 9.17) is 11.6 Å². The zero-order valence-electron chi connectivity index (χ0n) is 14.0. The van der Waals surface area contributed by atoms with Crippen molar-refractivity contribution in [1.82, 2.24) is 10.2 Å². The SMILES string of the molecule is C/C(=C\C1CSc2ccc(Cl)cc21)C(=O)N[C@@H]1C[C@@H]2CC[C@H]1N2C#N. The van der Waals surface area contributed by atoms with Gasteiger partial charge < -0.3 is 10.2 Å². The Kier molecular flexibility index (Phi) is 4.43. The third-order valence-electron chi connectivity index (χ3n) is 5.57. The van der Waals surface area contributed by atoms with Gasteiger partial charge in [0.05, 0.1) is 12.1 Å². The molecule has 25 heavy (non-hydrogen) atoms. The van der Waals surface area contributed by atoms with Crippen molar-refractivity contribution in [1.29, 1.82) is 5.26 Å². The monoisotopic (exact) mass is 373 g/mol. The normalized spacial score (nSPS) is 30.3. The van der Waals surface area contributed by atoms with E-state index < -0.39 is 0 Å². The van der Waals surface area contributed by atoms with Crippen LogP contribution in [0.25, 0.3) is 0 Å². The van der Waals surface area contributed by atoms with Gasteiger partial charge in [-0.1, -0.05) is 17.7 Å². The number of nitrogens with zero attached hydrogens (tertiary/aromatic N) is 2. The second kappa shape index (κ2) is 6.59. The second-order valence-electron chi connectivity index (χ2n) is 7.07. The maximum absolute atomic E-state index is 12.6. The van der Waals surface area contributed by atoms with E-state index in [0.717, 1.165) is 35.6 Å². The lowest BCUT2D eigenvalue weighted by Crippen LogP contribution is -2.43. The van der Waals surface area contributed by atoms with Crippen molar-refractivity contribution in [2.45, 2.75) is 55.1 Å². The van der Waals surface area contributed by atoms with E-state index in [9.17, 15) is 10.1 Å². The fraction of sp³-hybridized carbons (Fsp3) is 0.474. The van der Waals surface area contributed by atoms with Crippen LogP contribution in [0.4, 0.5) is 0 Å². The van der Waals surface area contributed by atoms with Crippen LogP contribution >= 0.6 is 23.4 Å². The largest absolute Gasteiger partial charge is 0.347 e. The highest BCUT2D eigenvalue weighted by Gasteiger charge is 2.46. The number of rotatable bonds is 3. The van der Waals surface area contributed by atoms with Crippen LogP contribution in [-0.2, 0) is 4.79 Å². The Morgan fingerprint density at radius 1 is 1.48 bits per heavy atom. The van der Waals surface area contributed by atoms with Gasteiger partial charge in [-0.25, -0.2) is 0 Å². The molecule has 3 heterocycles. The molecule has 1 N–H and O–H groups in total. The number of halogens is 1. The molecular weight excluding hydrogens is 354 g/mol. The summed E-state index contributed by atoms with van der Waals surface area (Å²) in [6.45, 7) is 1.87. The Bertz CT molecular complexity index is 787. The Morgan fingerprint density at radius 2 is 2.32 bits per heavy atom. The lowest BCUT2D eigenvalue weighted by molar-refractivity contribution is -0.118. The van der Waals surface area contributed by atoms with Gasteiger partial charge in [0, 0.05) is 33.2 Å². The average molecular weight is 374 g/mol. The van der Waals surface area contributed by atoms with E-state index >= 15 is 0 Å². The van der Waals surface area contributed by atoms with Crippen LogP contribution in [0.3, 0.4) is 0 Å². The number of carbonyl (C=O) groups is 1. The summed E-state index contributed by atoms with van der Waals surface area (Å²) in [7, 11) is 0. The fourth-order valence-corrected chi connectivity index (χ4v) is 5.66. The van der Waals surface area contributed by atoms with Crippen molar-refractivity contribution in [3.63, 3.8) is 0 Å². The van der Waals surface area contributed by atoms with Crippen molar-refractivity contribution in [3.8, 4) is 6.19 Å². The number of thioether (sulfide) groups is 1. The van der Waals surface area contributed by atoms with E-state index in [1.165, 1.54) is 10.5 Å². The molecule has 6 heteroatoms. The first-order valence-electron chi connectivity index (χ1n) is 8.66. The van der Waals surface area contributed by atoms with Crippen LogP contribution in [0.5, 0.6) is 0 Å². The number of hydrogen-bond donors (Lipinski definition) is 1. The smallest absolute Gasteiger partial charge is 0.246 e. The first-order valence-corrected chi connectivity index (χ1v) is 10.0. The van der Waals surface area contributed by atoms with Crippen LogP contribution < -0.4 is 5.32 Å². The third-order valence-corrected chi connectivity index (χ3v) is 7.01. The molecule has 4 nitrogen and oxygen atoms in total. The van der Waals surface area contributed by atoms with Crippen molar-refractivity contribution < 1.29 is 4.79 Å². The Balaban J connectivity index is 1.45. The molecule has 2 fully saturated rings. The molecular formula is C19H20ClN3OS. The topological polar surface area (TPSA) is 56.1 Å². The van der Waals surface area contributed by atoms with Gasteiger partial charge in [0.15, 0.2) is 6.19 Å². The average Bonchev–Trinajstić information content (AvgIpc) is 3.27. The summed E-state index contributed by atoms with van der Waals surface area (Å²) in [5.74, 6) is 1.15. The Morgan fingerprint density at radius 3 is 3.08 bits per heavy atom. The summed E-state index contributed by atoms with van der Waals surface area (Å²) in [5, 5.41) is 13.1. The number of fused-ring (bicyclic) bond motifs is 3. The van der Waals surface area contributed by atoms with Crippen LogP contribution in [0.2, 0.25) is 5.02 Å². The van der Waals surface area contributed by atoms with Crippen LogP contribution in [-0.4, -0.2) is 34.7 Å². The zero-order chi connectivity index (χ0) is 17.6. The second-order valence-corrected chi connectivity index (χ2v) is 8.57. The molecule has 1 aromatic carbocycles. The van der Waals surface area contributed by atoms with Gasteiger partial charge in [-0.15, -0.1) is 11.8 Å². The molecule has 2 bridgehead atoms. The molecule has 4 rings (SSSR count). The molecule has 0 aliphatic carbocycles. The predicted molar refractivity (Wildman–Crippen MR) is 99.5 cm³/mol. The van der Waals surface area contributed by atoms with E-state index in [0.29, 0.717) is 6.04 Å². The molecule has 0 aromatic heterocycles. The third kappa shape index (κ3) is 3.02. The Labute approximate surface area is 157 Å². The van der Waals surface area contributed by atoms with Gasteiger partial charge in [0.25, 0.3) is 0 Å². The van der Waals surface area contributed by atoms with Gasteiger partial charge in [0.2, 0.25) is 5.91 Å². The van der Waals surface area contributed by atoms with Crippen molar-refractivity contribution in [2.75, 3.05) is 5.75 Å². The lowest BCUT2D eigenvalue weighted by Gasteiger charge is -2.22. The number of allylic oxidation sites excluding steroid dienone is 1. The van der Waals surface area contributed by atoms with E-state index in [2.05, 4.69) is 23.7 Å². The van der Waals surface area contributed by atoms with Crippen molar-refractivity contribution in [3.05, 3.63) is 40.4 Å². The van der Waals surface area contributed by atoms with Gasteiger partial charge in [-0.2, -0.15) is 5.26 Å². The number of nitrogens with one attached hydrogen (secondary N) is 1. The maximum Gasteiger partial charge on any atom is 0.246 e. The minimum Gasteiger partial charge on any atom is -0.347 e. The molecule has 1 aromatic rings. The van der Waals surface area contributed by atoms with Crippen LogP contribution in [0.1, 0.15) is 37.7 Å². The van der Waals surface area contributed by atoms with Crippen molar-refractivity contribution >= 4 is 29.3 Å². The summed E-state index contributed by atoms with van der Waals surface area (Å²) < 4.78 is 0. The van der Waals surface area contributed by atoms with Crippen molar-refractivity contribution in [2.24, 2.45) is 0 Å². The van der Waals surface area contributed by atoms with Gasteiger partial charge >= 0.3 is 0 Å². The van der Waals surface area contributed by atoms with Crippen LogP contribution in [0, 0.1) is 11.5 Å². The highest BCUT2D eigenvalue weighted by atomic mass is 35.5. The minimum atomic E-state index is -0.0177. The van der Waals surface area contributed by atoms with E-state index in [1.54, 1.807) is 11.8 Å². The first kappa shape index (κ1) is 16.8. The predicted octanol–water partition coefficient (Wildman–Crippen LogP) is 3.68. The van der Waals surface area contributed by atoms with Gasteiger partial charge in [0.1, 0.15) is 0 Å². The molecule has 1 amide bonds. The summed E-state index contributed by atoms with van der Waals surface area (Å²) in [5.41, 5.74) is 1.95. The van der Waals surface area contributed by atoms with Gasteiger partial charge in [-0.3, -0.25) is 4.79 Å².